The third-order valence-corrected chi connectivity index (χ3v) is 3.17. The predicted molar refractivity (Wildman–Crippen MR) is 77.7 cm³/mol. The van der Waals surface area contributed by atoms with E-state index in [0.29, 0.717) is 5.02 Å². The van der Waals surface area contributed by atoms with Crippen molar-refractivity contribution in [2.24, 2.45) is 0 Å². The Balaban J connectivity index is 2.19. The number of imidazole rings is 1. The second-order valence-electron chi connectivity index (χ2n) is 4.39. The van der Waals surface area contributed by atoms with Gasteiger partial charge in [-0.15, -0.1) is 0 Å². The van der Waals surface area contributed by atoms with E-state index in [1.807, 2.05) is 23.0 Å². The zero-order valence-corrected chi connectivity index (χ0v) is 12.1. The standard InChI is InChI=1S/C14H19ClN4/c1-3-5-16-9-11-8-12(15)14(18-10-11)19-7-6-17-13(19)4-2/h6-8,10,16H,3-5,9H2,1-2H3. The zero-order chi connectivity index (χ0) is 13.7. The first-order valence-corrected chi connectivity index (χ1v) is 7.01. The van der Waals surface area contributed by atoms with E-state index in [9.17, 15) is 0 Å². The Morgan fingerprint density at radius 1 is 1.32 bits per heavy atom. The fraction of sp³-hybridized carbons (Fsp3) is 0.429. The van der Waals surface area contributed by atoms with Crippen LogP contribution in [0, 0.1) is 0 Å². The molecule has 0 saturated heterocycles. The highest BCUT2D eigenvalue weighted by Crippen LogP contribution is 2.20. The maximum absolute atomic E-state index is 6.32. The van der Waals surface area contributed by atoms with Gasteiger partial charge in [-0.3, -0.25) is 4.57 Å². The van der Waals surface area contributed by atoms with Crippen molar-refractivity contribution in [3.8, 4) is 5.82 Å². The number of aryl methyl sites for hydroxylation is 1. The lowest BCUT2D eigenvalue weighted by atomic mass is 10.2. The molecule has 2 rings (SSSR count). The van der Waals surface area contributed by atoms with Gasteiger partial charge in [0.1, 0.15) is 5.82 Å². The summed E-state index contributed by atoms with van der Waals surface area (Å²) in [6.07, 6.45) is 7.50. The molecule has 4 nitrogen and oxygen atoms in total. The van der Waals surface area contributed by atoms with E-state index < -0.39 is 0 Å². The summed E-state index contributed by atoms with van der Waals surface area (Å²) < 4.78 is 1.94. The zero-order valence-electron chi connectivity index (χ0n) is 11.4. The minimum atomic E-state index is 0.656. The summed E-state index contributed by atoms with van der Waals surface area (Å²) in [6, 6.07) is 1.96. The Morgan fingerprint density at radius 3 is 2.84 bits per heavy atom. The van der Waals surface area contributed by atoms with Crippen molar-refractivity contribution in [2.75, 3.05) is 6.54 Å². The van der Waals surface area contributed by atoms with Gasteiger partial charge in [-0.05, 0) is 24.6 Å². The lowest BCUT2D eigenvalue weighted by Crippen LogP contribution is -2.14. The van der Waals surface area contributed by atoms with Gasteiger partial charge in [0.05, 0.1) is 5.02 Å². The van der Waals surface area contributed by atoms with Gasteiger partial charge in [-0.25, -0.2) is 9.97 Å². The van der Waals surface area contributed by atoms with Crippen molar-refractivity contribution < 1.29 is 0 Å². The monoisotopic (exact) mass is 278 g/mol. The number of hydrogen-bond donors (Lipinski definition) is 1. The lowest BCUT2D eigenvalue weighted by molar-refractivity contribution is 0.673. The average Bonchev–Trinajstić information content (AvgIpc) is 2.87. The van der Waals surface area contributed by atoms with E-state index in [-0.39, 0.29) is 0 Å². The SMILES string of the molecule is CCCNCc1cnc(-n2ccnc2CC)c(Cl)c1. The first kappa shape index (κ1) is 14.0. The van der Waals surface area contributed by atoms with E-state index in [1.54, 1.807) is 6.20 Å². The van der Waals surface area contributed by atoms with Crippen LogP contribution >= 0.6 is 11.6 Å². The van der Waals surface area contributed by atoms with Crippen molar-refractivity contribution in [1.29, 1.82) is 0 Å². The van der Waals surface area contributed by atoms with Gasteiger partial charge in [0, 0.05) is 31.6 Å². The molecule has 0 spiro atoms. The summed E-state index contributed by atoms with van der Waals surface area (Å²) in [6.45, 7) is 6.01. The Kier molecular flexibility index (Phi) is 4.93. The molecule has 0 atom stereocenters. The van der Waals surface area contributed by atoms with E-state index in [4.69, 9.17) is 11.6 Å². The molecule has 2 aromatic heterocycles. The summed E-state index contributed by atoms with van der Waals surface area (Å²) in [4.78, 5) is 8.75. The molecule has 0 radical (unpaired) electrons. The van der Waals surface area contributed by atoms with Crippen molar-refractivity contribution >= 4 is 11.6 Å². The van der Waals surface area contributed by atoms with Crippen LogP contribution in [0.5, 0.6) is 0 Å². The summed E-state index contributed by atoms with van der Waals surface area (Å²) in [7, 11) is 0. The van der Waals surface area contributed by atoms with Gasteiger partial charge in [0.25, 0.3) is 0 Å². The first-order chi connectivity index (χ1) is 9.26. The van der Waals surface area contributed by atoms with E-state index in [2.05, 4.69) is 29.1 Å². The molecule has 0 unspecified atom stereocenters. The Labute approximate surface area is 118 Å². The summed E-state index contributed by atoms with van der Waals surface area (Å²) in [5, 5.41) is 3.99. The highest BCUT2D eigenvalue weighted by atomic mass is 35.5. The Bertz CT molecular complexity index is 536. The van der Waals surface area contributed by atoms with Gasteiger partial charge in [-0.1, -0.05) is 25.4 Å². The molecule has 19 heavy (non-hydrogen) atoms. The number of hydrogen-bond acceptors (Lipinski definition) is 3. The van der Waals surface area contributed by atoms with Crippen LogP contribution in [0.4, 0.5) is 0 Å². The van der Waals surface area contributed by atoms with Crippen LogP contribution in [0.1, 0.15) is 31.7 Å². The van der Waals surface area contributed by atoms with Gasteiger partial charge in [0.2, 0.25) is 0 Å². The molecule has 0 aliphatic heterocycles. The fourth-order valence-corrected chi connectivity index (χ4v) is 2.22. The smallest absolute Gasteiger partial charge is 0.156 e. The molecule has 0 amide bonds. The molecule has 2 heterocycles. The van der Waals surface area contributed by atoms with Crippen LogP contribution < -0.4 is 5.32 Å². The van der Waals surface area contributed by atoms with Crippen LogP contribution in [0.25, 0.3) is 5.82 Å². The van der Waals surface area contributed by atoms with Crippen LogP contribution in [0.15, 0.2) is 24.7 Å². The maximum atomic E-state index is 6.32. The molecule has 1 N–H and O–H groups in total. The summed E-state index contributed by atoms with van der Waals surface area (Å²) in [5.74, 6) is 1.71. The number of rotatable bonds is 6. The normalized spacial score (nSPS) is 10.9. The van der Waals surface area contributed by atoms with E-state index in [0.717, 1.165) is 43.1 Å². The van der Waals surface area contributed by atoms with E-state index >= 15 is 0 Å². The summed E-state index contributed by atoms with van der Waals surface area (Å²) >= 11 is 6.32. The molecule has 0 aromatic carbocycles. The number of halogens is 1. The van der Waals surface area contributed by atoms with Gasteiger partial charge in [-0.2, -0.15) is 0 Å². The molecule has 0 aliphatic carbocycles. The molecular formula is C14H19ClN4. The third kappa shape index (κ3) is 3.33. The van der Waals surface area contributed by atoms with Gasteiger partial charge >= 0.3 is 0 Å². The third-order valence-electron chi connectivity index (χ3n) is 2.90. The number of aromatic nitrogens is 3. The quantitative estimate of drug-likeness (QED) is 0.826. The molecule has 0 fully saturated rings. The maximum Gasteiger partial charge on any atom is 0.156 e. The fourth-order valence-electron chi connectivity index (χ4n) is 1.94. The Hall–Kier alpha value is -1.39. The highest BCUT2D eigenvalue weighted by molar-refractivity contribution is 6.32. The molecule has 102 valence electrons. The summed E-state index contributed by atoms with van der Waals surface area (Å²) in [5.41, 5.74) is 1.10. The predicted octanol–water partition coefficient (Wildman–Crippen LogP) is 2.98. The topological polar surface area (TPSA) is 42.7 Å². The minimum Gasteiger partial charge on any atom is -0.313 e. The molecule has 0 bridgehead atoms. The molecule has 0 aliphatic rings. The molecule has 0 saturated carbocycles. The van der Waals surface area contributed by atoms with Crippen LogP contribution in [-0.2, 0) is 13.0 Å². The second kappa shape index (κ2) is 6.68. The van der Waals surface area contributed by atoms with Crippen molar-refractivity contribution in [3.63, 3.8) is 0 Å². The molecule has 2 aromatic rings. The van der Waals surface area contributed by atoms with Gasteiger partial charge < -0.3 is 5.32 Å². The lowest BCUT2D eigenvalue weighted by Gasteiger charge is -2.09. The number of pyridine rings is 1. The van der Waals surface area contributed by atoms with Crippen molar-refractivity contribution in [3.05, 3.63) is 41.1 Å². The second-order valence-corrected chi connectivity index (χ2v) is 4.80. The highest BCUT2D eigenvalue weighted by Gasteiger charge is 2.09. The van der Waals surface area contributed by atoms with Crippen LogP contribution in [0.3, 0.4) is 0 Å². The Morgan fingerprint density at radius 2 is 2.16 bits per heavy atom. The van der Waals surface area contributed by atoms with Crippen molar-refractivity contribution in [1.82, 2.24) is 19.9 Å². The average molecular weight is 279 g/mol. The minimum absolute atomic E-state index is 0.656. The van der Waals surface area contributed by atoms with E-state index in [1.165, 1.54) is 0 Å². The molecule has 5 heteroatoms. The number of nitrogens with zero attached hydrogens (tertiary/aromatic N) is 3. The number of nitrogens with one attached hydrogen (secondary N) is 1. The van der Waals surface area contributed by atoms with Crippen LogP contribution in [-0.4, -0.2) is 21.1 Å². The largest absolute Gasteiger partial charge is 0.313 e. The van der Waals surface area contributed by atoms with Crippen LogP contribution in [0.2, 0.25) is 5.02 Å². The molecular weight excluding hydrogens is 260 g/mol. The van der Waals surface area contributed by atoms with Crippen molar-refractivity contribution in [2.45, 2.75) is 33.2 Å². The first-order valence-electron chi connectivity index (χ1n) is 6.64. The van der Waals surface area contributed by atoms with Gasteiger partial charge in [0.15, 0.2) is 5.82 Å².